The summed E-state index contributed by atoms with van der Waals surface area (Å²) in [6.45, 7) is 0. The molecule has 2 aromatic rings. The molecule has 72 valence electrons. The van der Waals surface area contributed by atoms with Crippen molar-refractivity contribution in [1.29, 1.82) is 0 Å². The van der Waals surface area contributed by atoms with Crippen molar-refractivity contribution in [3.05, 3.63) is 36.0 Å². The van der Waals surface area contributed by atoms with Crippen LogP contribution in [0.4, 0.5) is 14.7 Å². The van der Waals surface area contributed by atoms with E-state index >= 15 is 0 Å². The van der Waals surface area contributed by atoms with E-state index in [9.17, 15) is 8.78 Å². The maximum Gasteiger partial charge on any atom is 0.229 e. The zero-order valence-electron chi connectivity index (χ0n) is 7.00. The summed E-state index contributed by atoms with van der Waals surface area (Å²) in [6.07, 6.45) is 1.31. The van der Waals surface area contributed by atoms with Gasteiger partial charge in [0.15, 0.2) is 0 Å². The van der Waals surface area contributed by atoms with Crippen LogP contribution >= 0.6 is 0 Å². The first-order chi connectivity index (χ1) is 6.66. The fourth-order valence-corrected chi connectivity index (χ4v) is 1.17. The second-order valence-corrected chi connectivity index (χ2v) is 2.76. The first-order valence-electron chi connectivity index (χ1n) is 3.83. The average Bonchev–Trinajstić information content (AvgIpc) is 2.49. The second-order valence-electron chi connectivity index (χ2n) is 2.76. The summed E-state index contributed by atoms with van der Waals surface area (Å²) in [5.41, 5.74) is 6.08. The number of hydrogen-bond donors (Lipinski definition) is 1. The Kier molecular flexibility index (Phi) is 1.92. The van der Waals surface area contributed by atoms with Crippen LogP contribution in [-0.2, 0) is 0 Å². The lowest BCUT2D eigenvalue weighted by atomic mass is 10.1. The van der Waals surface area contributed by atoms with Gasteiger partial charge >= 0.3 is 0 Å². The standard InChI is InChI=1S/C9H6F2N2O/c10-6-1-5(2-7(11)3-6)8-4-13-14-9(8)12/h1-4H,12H2. The van der Waals surface area contributed by atoms with Crippen LogP contribution in [0.15, 0.2) is 28.9 Å². The van der Waals surface area contributed by atoms with Gasteiger partial charge in [-0.3, -0.25) is 0 Å². The molecule has 2 N–H and O–H groups in total. The Morgan fingerprint density at radius 3 is 2.29 bits per heavy atom. The van der Waals surface area contributed by atoms with Gasteiger partial charge in [0.25, 0.3) is 0 Å². The van der Waals surface area contributed by atoms with Crippen LogP contribution in [0.25, 0.3) is 11.1 Å². The fraction of sp³-hybridized carbons (Fsp3) is 0. The lowest BCUT2D eigenvalue weighted by molar-refractivity contribution is 0.436. The number of nitrogens with two attached hydrogens (primary N) is 1. The average molecular weight is 196 g/mol. The zero-order valence-corrected chi connectivity index (χ0v) is 7.00. The van der Waals surface area contributed by atoms with Crippen molar-refractivity contribution in [1.82, 2.24) is 5.16 Å². The van der Waals surface area contributed by atoms with Crippen molar-refractivity contribution in [3.63, 3.8) is 0 Å². The van der Waals surface area contributed by atoms with E-state index in [1.807, 2.05) is 0 Å². The van der Waals surface area contributed by atoms with Gasteiger partial charge in [-0.1, -0.05) is 5.16 Å². The van der Waals surface area contributed by atoms with Crippen LogP contribution < -0.4 is 5.73 Å². The Hall–Kier alpha value is -1.91. The molecule has 2 rings (SSSR count). The van der Waals surface area contributed by atoms with Gasteiger partial charge in [0.2, 0.25) is 5.88 Å². The highest BCUT2D eigenvalue weighted by Crippen LogP contribution is 2.26. The molecule has 0 saturated carbocycles. The van der Waals surface area contributed by atoms with Crippen LogP contribution in [0, 0.1) is 11.6 Å². The molecule has 0 atom stereocenters. The first kappa shape index (κ1) is 8.68. The fourth-order valence-electron chi connectivity index (χ4n) is 1.17. The Morgan fingerprint density at radius 2 is 1.79 bits per heavy atom. The van der Waals surface area contributed by atoms with E-state index in [4.69, 9.17) is 5.73 Å². The summed E-state index contributed by atoms with van der Waals surface area (Å²) >= 11 is 0. The van der Waals surface area contributed by atoms with Gasteiger partial charge in [-0.15, -0.1) is 0 Å². The van der Waals surface area contributed by atoms with Crippen molar-refractivity contribution in [2.24, 2.45) is 0 Å². The third kappa shape index (κ3) is 1.44. The van der Waals surface area contributed by atoms with Gasteiger partial charge in [-0.05, 0) is 17.7 Å². The predicted molar refractivity (Wildman–Crippen MR) is 46.3 cm³/mol. The molecule has 0 bridgehead atoms. The molecule has 1 heterocycles. The van der Waals surface area contributed by atoms with Gasteiger partial charge in [-0.2, -0.15) is 0 Å². The van der Waals surface area contributed by atoms with Crippen LogP contribution in [0.1, 0.15) is 0 Å². The lowest BCUT2D eigenvalue weighted by Gasteiger charge is -1.98. The number of nitrogens with zero attached hydrogens (tertiary/aromatic N) is 1. The molecule has 0 aliphatic carbocycles. The predicted octanol–water partition coefficient (Wildman–Crippen LogP) is 2.20. The van der Waals surface area contributed by atoms with E-state index in [2.05, 4.69) is 9.68 Å². The van der Waals surface area contributed by atoms with Crippen LogP contribution in [0.5, 0.6) is 0 Å². The van der Waals surface area contributed by atoms with Gasteiger partial charge in [-0.25, -0.2) is 8.78 Å². The maximum absolute atomic E-state index is 12.8. The molecule has 0 radical (unpaired) electrons. The lowest BCUT2D eigenvalue weighted by Crippen LogP contribution is -1.87. The molecule has 0 aliphatic heterocycles. The molecule has 3 nitrogen and oxygen atoms in total. The Morgan fingerprint density at radius 1 is 1.14 bits per heavy atom. The molecule has 1 aromatic carbocycles. The summed E-state index contributed by atoms with van der Waals surface area (Å²) in [6, 6.07) is 3.10. The smallest absolute Gasteiger partial charge is 0.229 e. The summed E-state index contributed by atoms with van der Waals surface area (Å²) in [5, 5.41) is 3.41. The molecule has 14 heavy (non-hydrogen) atoms. The molecule has 1 aromatic heterocycles. The monoisotopic (exact) mass is 196 g/mol. The summed E-state index contributed by atoms with van der Waals surface area (Å²) in [4.78, 5) is 0. The van der Waals surface area contributed by atoms with Crippen molar-refractivity contribution >= 4 is 5.88 Å². The number of hydrogen-bond acceptors (Lipinski definition) is 3. The highest BCUT2D eigenvalue weighted by atomic mass is 19.1. The molecule has 0 amide bonds. The molecule has 5 heteroatoms. The van der Waals surface area contributed by atoms with Gasteiger partial charge < -0.3 is 10.3 Å². The summed E-state index contributed by atoms with van der Waals surface area (Å²) < 4.78 is 30.2. The minimum atomic E-state index is -0.666. The third-order valence-corrected chi connectivity index (χ3v) is 1.77. The summed E-state index contributed by atoms with van der Waals surface area (Å²) in [5.74, 6) is -1.30. The number of nitrogen functional groups attached to an aromatic ring is 1. The quantitative estimate of drug-likeness (QED) is 0.760. The van der Waals surface area contributed by atoms with E-state index in [1.165, 1.54) is 6.20 Å². The minimum Gasteiger partial charge on any atom is -0.367 e. The molecule has 0 unspecified atom stereocenters. The Labute approximate surface area is 78.1 Å². The highest BCUT2D eigenvalue weighted by molar-refractivity contribution is 5.71. The van der Waals surface area contributed by atoms with E-state index in [0.29, 0.717) is 11.1 Å². The van der Waals surface area contributed by atoms with Gasteiger partial charge in [0.1, 0.15) is 11.6 Å². The Bertz CT molecular complexity index is 447. The van der Waals surface area contributed by atoms with Crippen molar-refractivity contribution < 1.29 is 13.3 Å². The number of rotatable bonds is 1. The van der Waals surface area contributed by atoms with Gasteiger partial charge in [0.05, 0.1) is 11.8 Å². The third-order valence-electron chi connectivity index (χ3n) is 1.77. The van der Waals surface area contributed by atoms with E-state index in [-0.39, 0.29) is 5.88 Å². The van der Waals surface area contributed by atoms with Crippen LogP contribution in [-0.4, -0.2) is 5.16 Å². The molecular formula is C9H6F2N2O. The van der Waals surface area contributed by atoms with Gasteiger partial charge in [0, 0.05) is 6.07 Å². The topological polar surface area (TPSA) is 52.0 Å². The van der Waals surface area contributed by atoms with Crippen LogP contribution in [0.2, 0.25) is 0 Å². The van der Waals surface area contributed by atoms with Crippen molar-refractivity contribution in [3.8, 4) is 11.1 Å². The van der Waals surface area contributed by atoms with E-state index in [1.54, 1.807) is 0 Å². The molecular weight excluding hydrogens is 190 g/mol. The largest absolute Gasteiger partial charge is 0.367 e. The number of benzene rings is 1. The summed E-state index contributed by atoms with van der Waals surface area (Å²) in [7, 11) is 0. The van der Waals surface area contributed by atoms with E-state index in [0.717, 1.165) is 18.2 Å². The second kappa shape index (κ2) is 3.10. The van der Waals surface area contributed by atoms with Crippen molar-refractivity contribution in [2.45, 2.75) is 0 Å². The molecule has 0 aliphatic rings. The number of aromatic nitrogens is 1. The normalized spacial score (nSPS) is 10.4. The van der Waals surface area contributed by atoms with Crippen LogP contribution in [0.3, 0.4) is 0 Å². The van der Waals surface area contributed by atoms with E-state index < -0.39 is 11.6 Å². The highest BCUT2D eigenvalue weighted by Gasteiger charge is 2.09. The Balaban J connectivity index is 2.57. The molecule has 0 fully saturated rings. The zero-order chi connectivity index (χ0) is 10.1. The maximum atomic E-state index is 12.8. The first-order valence-corrected chi connectivity index (χ1v) is 3.83. The van der Waals surface area contributed by atoms with Crippen molar-refractivity contribution in [2.75, 3.05) is 5.73 Å². The number of anilines is 1. The minimum absolute atomic E-state index is 0.0370. The molecule has 0 spiro atoms. The molecule has 0 saturated heterocycles. The SMILES string of the molecule is Nc1oncc1-c1cc(F)cc(F)c1. The number of halogens is 2.